The van der Waals surface area contributed by atoms with Gasteiger partial charge < -0.3 is 58.9 Å². The van der Waals surface area contributed by atoms with Crippen LogP contribution in [0.1, 0.15) is 416 Å². The lowest BCUT2D eigenvalue weighted by Gasteiger charge is -2.09. The SMILES string of the molecule is CC(C)/C=C(\O)C(C)C.CC(C)C.CC(C)C.CC(C)C(N)=O.CC(C)C(N)=O.CC(C)C1=NN=NC1.CC(C)CC(=O)C(C)C.CC(C)N=C(N)C(C)C.CC(C)N=C(N)C(C)C.CC(C)NC(=O)C(C)C.CC(C)NC(=O)C(C)C.CC(C)c1cnc(C(C)C)[nH]1.CC(C)c1cnc[nH]1.CC(C)c1nn[nH]n1.CC(C)c1nn[nH]n1.CC(C)c1nn[nH]n1.CC1C=CC=CN1.O=c1cccc[nH]1. The maximum absolute atomic E-state index is 11.0. The lowest BCUT2D eigenvalue weighted by atomic mass is 9.99. The minimum atomic E-state index is -0.241. The third-order valence-corrected chi connectivity index (χ3v) is 15.7. The number of aliphatic imine (C=N–C) groups is 2. The zero-order chi connectivity index (χ0) is 111. The fourth-order valence-corrected chi connectivity index (χ4v) is 7.18. The zero-order valence-corrected chi connectivity index (χ0v) is 96.1. The van der Waals surface area contributed by atoms with Gasteiger partial charge in [0.05, 0.1) is 29.5 Å². The van der Waals surface area contributed by atoms with E-state index in [4.69, 9.17) is 28.0 Å². The molecule has 6 aromatic rings. The van der Waals surface area contributed by atoms with E-state index >= 15 is 0 Å². The van der Waals surface area contributed by atoms with E-state index in [9.17, 15) is 28.8 Å². The Morgan fingerprint density at radius 3 is 0.971 bits per heavy atom. The number of allylic oxidation sites excluding steroid dienone is 4. The third-order valence-electron chi connectivity index (χ3n) is 15.7. The second-order valence-electron chi connectivity index (χ2n) is 40.6. The molecule has 0 aliphatic carbocycles. The summed E-state index contributed by atoms with van der Waals surface area (Å²) >= 11 is 0. The molecule has 1 atom stereocenters. The molecule has 804 valence electrons. The number of nitrogens with one attached hydrogen (secondary N) is 9. The van der Waals surface area contributed by atoms with Crippen LogP contribution in [0.3, 0.4) is 0 Å². The number of rotatable bonds is 22. The molecule has 8 rings (SSSR count). The molecule has 0 fully saturated rings. The number of aromatic nitrogens is 17. The van der Waals surface area contributed by atoms with Crippen LogP contribution in [0.5, 0.6) is 0 Å². The van der Waals surface area contributed by atoms with E-state index in [-0.39, 0.29) is 76.8 Å². The molecule has 4 amide bonds. The molecule has 0 spiro atoms. The van der Waals surface area contributed by atoms with Crippen molar-refractivity contribution >= 4 is 46.8 Å². The van der Waals surface area contributed by atoms with Crippen LogP contribution in [-0.4, -0.2) is 175 Å². The van der Waals surface area contributed by atoms with Crippen molar-refractivity contribution < 1.29 is 29.1 Å². The molecule has 1 unspecified atom stereocenters. The summed E-state index contributed by atoms with van der Waals surface area (Å²) in [5, 5.41) is 68.9. The number of carbonyl (C=O) groups is 5. The molecule has 0 bridgehead atoms. The number of amides is 4. The second kappa shape index (κ2) is 92.2. The minimum absolute atomic E-state index is 0.00926. The Hall–Kier alpha value is -10.8. The number of amidine groups is 2. The van der Waals surface area contributed by atoms with Crippen molar-refractivity contribution in [2.75, 3.05) is 6.54 Å². The standard InChI is InChI=1S/C9H16N2.2C8H16O.2C7H16N2.2C7H15NO.C6H10N2.C6H9N.C5H9N3.C5H5NO.3C4H8N4.2C4H9NO.2C4H10/c1-6(2)8-5-10-9(11-8)7(3)4;2*1-6(2)5-8(9)7(3)4;2*1-5(2)7(8)9-6(3)4;2*1-5(2)7(9)8-6(3)4;1-5(2)6-3-7-4-8-6;1-6-4-2-3-5-7-6;1-4(2)5-3-6-8-7-5;7-5-3-1-2-4-6-5;3*1-3(2)4-5-7-8-6-4;2*1-3(2)4(5)6;2*1-4(2)3/h5-7H,1-4H3,(H,10,11);6-7H,5H2,1-4H3;5-7,9H,1-4H3;2*5-6H,1-4H3,(H2,8,9);2*5-6H,1-4H3,(H,8,9);3-5H,1-2H3,(H,7,8);2-7H,1H3;4H,3H2,1-2H3;1-4H,(H,6,7);3*3H,1-2H3,(H,5,6,7,8);2*3H,1-2H3,(H2,5,6);2*4H,1-3H3/b;;8-5-;;;;;;;;;;;;;;;. The van der Waals surface area contributed by atoms with Gasteiger partial charge in [-0.05, 0) is 133 Å². The van der Waals surface area contributed by atoms with Gasteiger partial charge in [-0.1, -0.05) is 311 Å². The van der Waals surface area contributed by atoms with Crippen molar-refractivity contribution in [3.8, 4) is 0 Å². The normalized spacial score (nSPS) is 12.1. The number of primary amides is 2. The van der Waals surface area contributed by atoms with Crippen LogP contribution < -0.4 is 44.4 Å². The first-order valence-corrected chi connectivity index (χ1v) is 49.6. The van der Waals surface area contributed by atoms with Crippen molar-refractivity contribution in [2.45, 2.75) is 411 Å². The molecule has 0 aromatic carbocycles. The second-order valence-corrected chi connectivity index (χ2v) is 40.6. The highest BCUT2D eigenvalue weighted by Gasteiger charge is 2.13. The number of dihydropyridines is 1. The Kier molecular flexibility index (Phi) is 98.5. The first-order valence-electron chi connectivity index (χ1n) is 49.6. The highest BCUT2D eigenvalue weighted by molar-refractivity contribution is 5.88. The van der Waals surface area contributed by atoms with Crippen LogP contribution in [0.25, 0.3) is 0 Å². The molecule has 2 aliphatic rings. The number of carbonyl (C=O) groups excluding carboxylic acids is 5. The lowest BCUT2D eigenvalue weighted by molar-refractivity contribution is -0.125. The van der Waals surface area contributed by atoms with Gasteiger partial charge in [-0.3, -0.25) is 38.8 Å². The summed E-state index contributed by atoms with van der Waals surface area (Å²) in [5.74, 6) is 12.9. The van der Waals surface area contributed by atoms with Gasteiger partial charge in [0.25, 0.3) is 0 Å². The van der Waals surface area contributed by atoms with Crippen molar-refractivity contribution in [2.24, 2.45) is 125 Å². The molecule has 139 heavy (non-hydrogen) atoms. The van der Waals surface area contributed by atoms with Crippen LogP contribution in [0.15, 0.2) is 110 Å². The molecule has 2 aliphatic heterocycles. The molecule has 36 heteroatoms. The smallest absolute Gasteiger partial charge is 0.247 e. The number of ketones is 1. The molecule has 8 heterocycles. The molecular formula is C103H205N29O7. The van der Waals surface area contributed by atoms with Gasteiger partial charge in [0, 0.05) is 144 Å². The number of aliphatic hydroxyl groups is 1. The van der Waals surface area contributed by atoms with E-state index in [1.54, 1.807) is 52.4 Å². The summed E-state index contributed by atoms with van der Waals surface area (Å²) in [6, 6.07) is 6.63. The summed E-state index contributed by atoms with van der Waals surface area (Å²) in [4.78, 5) is 88.0. The Morgan fingerprint density at radius 1 is 0.468 bits per heavy atom. The summed E-state index contributed by atoms with van der Waals surface area (Å²) in [6.45, 7) is 99.8. The Balaban J connectivity index is -0.000000159. The van der Waals surface area contributed by atoms with Gasteiger partial charge in [0.15, 0.2) is 17.5 Å². The Morgan fingerprint density at radius 2 is 0.849 bits per heavy atom. The molecule has 36 nitrogen and oxygen atoms in total. The van der Waals surface area contributed by atoms with E-state index in [1.165, 1.54) is 17.5 Å². The number of nitrogens with two attached hydrogens (primary N) is 4. The largest absolute Gasteiger partial charge is 0.512 e. The molecule has 0 saturated heterocycles. The first kappa shape index (κ1) is 148. The first-order chi connectivity index (χ1) is 63.9. The highest BCUT2D eigenvalue weighted by atomic mass is 16.3. The Bertz CT molecular complexity index is 3730. The van der Waals surface area contributed by atoms with Crippen LogP contribution in [0.4, 0.5) is 0 Å². The Labute approximate surface area is 841 Å². The molecule has 0 saturated carbocycles. The summed E-state index contributed by atoms with van der Waals surface area (Å²) in [7, 11) is 0. The number of aromatic amines is 6. The summed E-state index contributed by atoms with van der Waals surface area (Å²) in [5.41, 5.74) is 24.2. The predicted octanol–water partition coefficient (Wildman–Crippen LogP) is 21.8. The van der Waals surface area contributed by atoms with E-state index in [2.05, 4.69) is 266 Å². The summed E-state index contributed by atoms with van der Waals surface area (Å²) < 4.78 is 0. The van der Waals surface area contributed by atoms with Gasteiger partial charge >= 0.3 is 0 Å². The predicted molar refractivity (Wildman–Crippen MR) is 582 cm³/mol. The summed E-state index contributed by atoms with van der Waals surface area (Å²) in [6.07, 6.45) is 17.8. The van der Waals surface area contributed by atoms with Crippen LogP contribution in [-0.2, 0) is 24.0 Å². The number of pyridine rings is 1. The molecular weight excluding hydrogens is 1760 g/mol. The lowest BCUT2D eigenvalue weighted by Crippen LogP contribution is -2.33. The highest BCUT2D eigenvalue weighted by Crippen LogP contribution is 2.16. The number of nitrogens with zero attached hydrogens (tertiary/aromatic N) is 16. The van der Waals surface area contributed by atoms with Crippen molar-refractivity contribution in [1.29, 1.82) is 0 Å². The average Bonchev–Trinajstić information content (AvgIpc) is 1.75. The minimum Gasteiger partial charge on any atom is -0.512 e. The van der Waals surface area contributed by atoms with Gasteiger partial charge in [-0.25, -0.2) is 9.97 Å². The average molecular weight is 1960 g/mol. The number of aliphatic hydroxyl groups excluding tert-OH is 1. The van der Waals surface area contributed by atoms with Gasteiger partial charge in [0.2, 0.25) is 29.2 Å². The number of Topliss-reactive ketones (excluding diaryl/α,β-unsaturated/α-hetero) is 1. The van der Waals surface area contributed by atoms with Crippen molar-refractivity contribution in [3.63, 3.8) is 0 Å². The van der Waals surface area contributed by atoms with Crippen LogP contribution >= 0.6 is 0 Å². The van der Waals surface area contributed by atoms with E-state index in [1.807, 2.05) is 217 Å². The molecule has 18 N–H and O–H groups in total. The van der Waals surface area contributed by atoms with Gasteiger partial charge in [-0.2, -0.15) is 20.8 Å². The van der Waals surface area contributed by atoms with Gasteiger partial charge in [0.1, 0.15) is 18.2 Å². The van der Waals surface area contributed by atoms with E-state index < -0.39 is 0 Å². The quantitative estimate of drug-likeness (QED) is 0.0170. The number of hydrogen-bond acceptors (Lipinski definition) is 24. The number of tetrazole rings is 3. The maximum atomic E-state index is 11.0. The third kappa shape index (κ3) is 112. The number of H-pyrrole nitrogens is 6. The van der Waals surface area contributed by atoms with E-state index in [0.717, 1.165) is 58.9 Å². The van der Waals surface area contributed by atoms with Gasteiger partial charge in [-0.15, -0.1) is 35.7 Å². The fourth-order valence-electron chi connectivity index (χ4n) is 7.18. The fraction of sp³-hybridized carbons (Fsp3) is 0.728. The topological polar surface area (TPSA) is 561 Å². The molecule has 0 radical (unpaired) electrons. The van der Waals surface area contributed by atoms with Crippen LogP contribution in [0.2, 0.25) is 0 Å². The number of hydrogen-bond donors (Lipinski definition) is 14. The number of imidazole rings is 2. The van der Waals surface area contributed by atoms with Crippen LogP contribution in [0, 0.1) is 76.9 Å². The van der Waals surface area contributed by atoms with Crippen molar-refractivity contribution in [3.05, 3.63) is 124 Å². The monoisotopic (exact) mass is 1960 g/mol. The molecule has 6 aromatic heterocycles. The maximum Gasteiger partial charge on any atom is 0.247 e. The van der Waals surface area contributed by atoms with E-state index in [0.29, 0.717) is 101 Å². The zero-order valence-electron chi connectivity index (χ0n) is 96.1. The van der Waals surface area contributed by atoms with Crippen molar-refractivity contribution in [1.82, 2.24) is 103 Å².